The van der Waals surface area contributed by atoms with E-state index in [0.29, 0.717) is 47.3 Å². The predicted octanol–water partition coefficient (Wildman–Crippen LogP) is 1.82. The highest BCUT2D eigenvalue weighted by molar-refractivity contribution is 5.86. The minimum atomic E-state index is -2.82. The molecule has 1 aliphatic heterocycles. The van der Waals surface area contributed by atoms with Crippen LogP contribution in [-0.2, 0) is 11.3 Å². The van der Waals surface area contributed by atoms with Crippen molar-refractivity contribution in [1.29, 1.82) is 5.26 Å². The van der Waals surface area contributed by atoms with Crippen LogP contribution < -0.4 is 10.6 Å². The van der Waals surface area contributed by atoms with Gasteiger partial charge in [0.2, 0.25) is 5.95 Å². The van der Waals surface area contributed by atoms with Crippen molar-refractivity contribution in [2.45, 2.75) is 18.9 Å². The van der Waals surface area contributed by atoms with Gasteiger partial charge in [0.15, 0.2) is 11.5 Å². The molecule has 0 atom stereocenters. The van der Waals surface area contributed by atoms with Crippen LogP contribution in [0.1, 0.15) is 12.0 Å². The van der Waals surface area contributed by atoms with E-state index in [-0.39, 0.29) is 11.8 Å². The summed E-state index contributed by atoms with van der Waals surface area (Å²) in [7, 11) is 1.57. The van der Waals surface area contributed by atoms with Crippen molar-refractivity contribution in [3.8, 4) is 12.0 Å². The van der Waals surface area contributed by atoms with Crippen molar-refractivity contribution in [2.75, 3.05) is 31.7 Å². The van der Waals surface area contributed by atoms with Crippen LogP contribution in [0, 0.1) is 11.3 Å². The number of anilines is 1. The third kappa shape index (κ3) is 3.27. The molecule has 0 saturated carbocycles. The average Bonchev–Trinajstić information content (AvgIpc) is 3.31. The molecule has 12 heteroatoms. The molecule has 1 saturated heterocycles. The van der Waals surface area contributed by atoms with Crippen molar-refractivity contribution < 1.29 is 13.5 Å². The number of nitriles is 1. The Hall–Kier alpha value is -3.85. The van der Waals surface area contributed by atoms with Crippen molar-refractivity contribution in [3.63, 3.8) is 0 Å². The summed E-state index contributed by atoms with van der Waals surface area (Å²) in [6, 6.07) is 7.08. The van der Waals surface area contributed by atoms with E-state index < -0.39 is 24.7 Å². The topological polar surface area (TPSA) is 118 Å². The van der Waals surface area contributed by atoms with Crippen LogP contribution in [0.15, 0.2) is 29.3 Å². The summed E-state index contributed by atoms with van der Waals surface area (Å²) in [5, 5.41) is 9.24. The van der Waals surface area contributed by atoms with E-state index in [2.05, 4.69) is 26.0 Å². The molecule has 0 amide bonds. The van der Waals surface area contributed by atoms with Crippen molar-refractivity contribution in [3.05, 3.63) is 40.6 Å². The van der Waals surface area contributed by atoms with Gasteiger partial charge in [-0.1, -0.05) is 0 Å². The maximum Gasteiger partial charge on any atom is 0.327 e. The van der Waals surface area contributed by atoms with Gasteiger partial charge in [-0.05, 0) is 24.6 Å². The molecule has 0 bridgehead atoms. The fourth-order valence-electron chi connectivity index (χ4n) is 3.81. The second-order valence-corrected chi connectivity index (χ2v) is 7.62. The molecule has 0 aliphatic carbocycles. The van der Waals surface area contributed by atoms with E-state index in [0.717, 1.165) is 0 Å². The third-order valence-corrected chi connectivity index (χ3v) is 5.36. The zero-order chi connectivity index (χ0) is 22.5. The Morgan fingerprint density at radius 2 is 2.12 bits per heavy atom. The number of hydrogen-bond acceptors (Lipinski definition) is 7. The number of benzene rings is 1. The minimum Gasteiger partial charge on any atom is -0.385 e. The molecule has 0 spiro atoms. The summed E-state index contributed by atoms with van der Waals surface area (Å²) >= 11 is 0. The van der Waals surface area contributed by atoms with Crippen molar-refractivity contribution in [1.82, 2.24) is 29.1 Å². The Balaban J connectivity index is 1.70. The molecule has 4 heterocycles. The fraction of sp³-hybridized carbons (Fsp3) is 0.350. The zero-order valence-electron chi connectivity index (χ0n) is 17.0. The van der Waals surface area contributed by atoms with Gasteiger partial charge in [-0.3, -0.25) is 9.13 Å². The first-order chi connectivity index (χ1) is 15.4. The number of H-pyrrole nitrogens is 1. The molecule has 164 valence electrons. The second-order valence-electron chi connectivity index (χ2n) is 7.62. The highest BCUT2D eigenvalue weighted by atomic mass is 19.3. The molecule has 1 N–H and O–H groups in total. The monoisotopic (exact) mass is 440 g/mol. The van der Waals surface area contributed by atoms with Gasteiger partial charge in [0.1, 0.15) is 11.8 Å². The number of methoxy groups -OCH3 is 1. The highest BCUT2D eigenvalue weighted by Crippen LogP contribution is 2.34. The van der Waals surface area contributed by atoms with Crippen LogP contribution in [0.2, 0.25) is 0 Å². The molecule has 3 aromatic heterocycles. The van der Waals surface area contributed by atoms with E-state index in [1.165, 1.54) is 15.8 Å². The summed E-state index contributed by atoms with van der Waals surface area (Å²) in [6.45, 7) is -0.218. The Labute approximate surface area is 179 Å². The van der Waals surface area contributed by atoms with Gasteiger partial charge >= 0.3 is 5.69 Å². The largest absolute Gasteiger partial charge is 0.385 e. The van der Waals surface area contributed by atoms with Crippen LogP contribution in [0.5, 0.6) is 0 Å². The smallest absolute Gasteiger partial charge is 0.327 e. The molecule has 1 fully saturated rings. The number of imidazole rings is 2. The van der Waals surface area contributed by atoms with E-state index in [1.807, 2.05) is 0 Å². The van der Waals surface area contributed by atoms with Crippen LogP contribution >= 0.6 is 0 Å². The Morgan fingerprint density at radius 1 is 1.31 bits per heavy atom. The van der Waals surface area contributed by atoms with Crippen LogP contribution in [0.25, 0.3) is 28.1 Å². The number of hydrogen-bond donors (Lipinski definition) is 1. The third-order valence-electron chi connectivity index (χ3n) is 5.36. The number of alkyl halides is 2. The SMILES string of the molecule is COCCCn1c(=O)[nH]c2c(N3CC(F)(F)C3)nc(-n3cnc4ccc(C#N)cc43)nc21. The molecule has 0 unspecified atom stereocenters. The fourth-order valence-corrected chi connectivity index (χ4v) is 3.81. The van der Waals surface area contributed by atoms with Crippen molar-refractivity contribution >= 4 is 28.0 Å². The summed E-state index contributed by atoms with van der Waals surface area (Å²) in [5.74, 6) is -2.43. The maximum absolute atomic E-state index is 13.6. The number of nitrogens with one attached hydrogen (secondary N) is 1. The van der Waals surface area contributed by atoms with Gasteiger partial charge in [0, 0.05) is 20.3 Å². The number of halogens is 2. The molecule has 1 aromatic carbocycles. The lowest BCUT2D eigenvalue weighted by Gasteiger charge is -2.39. The molecule has 0 radical (unpaired) electrons. The van der Waals surface area contributed by atoms with E-state index in [1.54, 1.807) is 29.9 Å². The molecule has 5 rings (SSSR count). The molecule has 4 aromatic rings. The first kappa shape index (κ1) is 20.1. The lowest BCUT2D eigenvalue weighted by molar-refractivity contribution is -0.0265. The summed E-state index contributed by atoms with van der Waals surface area (Å²) < 4.78 is 35.3. The molecular weight excluding hydrogens is 422 g/mol. The van der Waals surface area contributed by atoms with Gasteiger partial charge in [-0.25, -0.2) is 18.6 Å². The Morgan fingerprint density at radius 3 is 2.84 bits per heavy atom. The molecule has 10 nitrogen and oxygen atoms in total. The number of aromatic amines is 1. The van der Waals surface area contributed by atoms with Crippen LogP contribution in [0.3, 0.4) is 0 Å². The van der Waals surface area contributed by atoms with Gasteiger partial charge < -0.3 is 14.6 Å². The normalized spacial score (nSPS) is 15.2. The molecular formula is C20H18F2N8O2. The first-order valence-corrected chi connectivity index (χ1v) is 9.90. The standard InChI is InChI=1S/C20H18F2N8O2/c1-32-6-2-5-29-17-15(25-19(29)31)16(28-9-20(21,22)10-28)26-18(27-17)30-11-24-13-4-3-12(8-23)7-14(13)30/h3-4,7,11H,2,5-6,9-10H2,1H3,(H,25,31). The number of ether oxygens (including phenoxy) is 1. The second kappa shape index (κ2) is 7.38. The molecule has 32 heavy (non-hydrogen) atoms. The van der Waals surface area contributed by atoms with Gasteiger partial charge in [-0.2, -0.15) is 15.2 Å². The Kier molecular flexibility index (Phi) is 4.63. The van der Waals surface area contributed by atoms with Crippen LogP contribution in [-0.4, -0.2) is 61.8 Å². The number of fused-ring (bicyclic) bond motifs is 2. The average molecular weight is 440 g/mol. The van der Waals surface area contributed by atoms with Crippen LogP contribution in [0.4, 0.5) is 14.6 Å². The summed E-state index contributed by atoms with van der Waals surface area (Å²) in [4.78, 5) is 30.1. The Bertz CT molecular complexity index is 1420. The highest BCUT2D eigenvalue weighted by Gasteiger charge is 2.45. The van der Waals surface area contributed by atoms with Gasteiger partial charge in [0.05, 0.1) is 35.8 Å². The maximum atomic E-state index is 13.6. The van der Waals surface area contributed by atoms with Crippen molar-refractivity contribution in [2.24, 2.45) is 0 Å². The van der Waals surface area contributed by atoms with E-state index in [4.69, 9.17) is 4.74 Å². The summed E-state index contributed by atoms with van der Waals surface area (Å²) in [6.07, 6.45) is 2.07. The zero-order valence-corrected chi connectivity index (χ0v) is 17.0. The van der Waals surface area contributed by atoms with Gasteiger partial charge in [-0.15, -0.1) is 0 Å². The molecule has 1 aliphatic rings. The number of aryl methyl sites for hydroxylation is 1. The first-order valence-electron chi connectivity index (χ1n) is 9.90. The number of nitrogens with zero attached hydrogens (tertiary/aromatic N) is 7. The summed E-state index contributed by atoms with van der Waals surface area (Å²) in [5.41, 5.74) is 1.84. The van der Waals surface area contributed by atoms with Gasteiger partial charge in [0.25, 0.3) is 5.92 Å². The van der Waals surface area contributed by atoms with E-state index >= 15 is 0 Å². The van der Waals surface area contributed by atoms with E-state index in [9.17, 15) is 18.8 Å². The lowest BCUT2D eigenvalue weighted by atomic mass is 10.1. The predicted molar refractivity (Wildman–Crippen MR) is 111 cm³/mol. The minimum absolute atomic E-state index is 0.166. The lowest BCUT2D eigenvalue weighted by Crippen LogP contribution is -2.56. The quantitative estimate of drug-likeness (QED) is 0.455. The number of aromatic nitrogens is 6. The number of rotatable bonds is 6.